The Morgan fingerprint density at radius 2 is 1.09 bits per heavy atom. The van der Waals surface area contributed by atoms with Crippen LogP contribution in [0.2, 0.25) is 14.2 Å². The summed E-state index contributed by atoms with van der Waals surface area (Å²) in [5.74, 6) is 0. The monoisotopic (exact) mass is 354 g/mol. The second-order valence-corrected chi connectivity index (χ2v) is 15.6. The van der Waals surface area contributed by atoms with E-state index in [0.717, 1.165) is 0 Å². The van der Waals surface area contributed by atoms with Gasteiger partial charge in [-0.25, -0.2) is 0 Å². The Balaban J connectivity index is 3.36. The molecule has 0 nitrogen and oxygen atoms in total. The van der Waals surface area contributed by atoms with Crippen molar-refractivity contribution in [2.45, 2.75) is 108 Å². The van der Waals surface area contributed by atoms with Crippen LogP contribution < -0.4 is 0 Å². The fourth-order valence-corrected chi connectivity index (χ4v) is 16.0. The fourth-order valence-electron chi connectivity index (χ4n) is 4.95. The van der Waals surface area contributed by atoms with Crippen molar-refractivity contribution in [2.75, 3.05) is 0 Å². The Bertz CT molecular complexity index is 429. The first kappa shape index (κ1) is 21.2. The van der Waals surface area contributed by atoms with Crippen molar-refractivity contribution < 1.29 is 16.6 Å². The van der Waals surface area contributed by atoms with Gasteiger partial charge in [-0.15, -0.1) is 0 Å². The molecule has 0 fully saturated rings. The average molecular weight is 354 g/mol. The van der Waals surface area contributed by atoms with Gasteiger partial charge in [-0.3, -0.25) is 0 Å². The molecule has 1 heteroatoms. The van der Waals surface area contributed by atoms with Gasteiger partial charge >= 0.3 is 151 Å². The summed E-state index contributed by atoms with van der Waals surface area (Å²) < 4.78 is 6.72. The molecule has 0 bridgehead atoms. The van der Waals surface area contributed by atoms with Crippen LogP contribution in [-0.2, 0) is 16.6 Å². The summed E-state index contributed by atoms with van der Waals surface area (Å²) in [5.41, 5.74) is 5.31. The average Bonchev–Trinajstić information content (AvgIpc) is 2.68. The molecule has 0 aromatic rings. The molecule has 0 N–H and O–H groups in total. The second-order valence-electron chi connectivity index (χ2n) is 8.47. The molecule has 0 aromatic heterocycles. The molecule has 0 radical (unpaired) electrons. The van der Waals surface area contributed by atoms with Gasteiger partial charge in [0.2, 0.25) is 0 Å². The molecule has 0 unspecified atom stereocenters. The summed E-state index contributed by atoms with van der Waals surface area (Å²) in [6, 6.07) is 0. The molecule has 0 spiro atoms. The second kappa shape index (κ2) is 9.05. The zero-order valence-corrected chi connectivity index (χ0v) is 18.9. The van der Waals surface area contributed by atoms with Crippen molar-refractivity contribution in [1.82, 2.24) is 0 Å². The molecular formula is C22H42Ti. The predicted octanol–water partition coefficient (Wildman–Crippen LogP) is 8.45. The van der Waals surface area contributed by atoms with Crippen molar-refractivity contribution in [3.63, 3.8) is 0 Å². The van der Waals surface area contributed by atoms with Gasteiger partial charge in [-0.2, -0.15) is 0 Å². The summed E-state index contributed by atoms with van der Waals surface area (Å²) in [5, 5.41) is 0. The topological polar surface area (TPSA) is 0 Å². The molecule has 134 valence electrons. The molecule has 1 aliphatic rings. The zero-order valence-electron chi connectivity index (χ0n) is 17.4. The van der Waals surface area contributed by atoms with Gasteiger partial charge in [-0.1, -0.05) is 0 Å². The van der Waals surface area contributed by atoms with Gasteiger partial charge in [0.15, 0.2) is 0 Å². The number of rotatable bonds is 10. The molecular weight excluding hydrogens is 312 g/mol. The van der Waals surface area contributed by atoms with Gasteiger partial charge < -0.3 is 0 Å². The summed E-state index contributed by atoms with van der Waals surface area (Å²) in [6.07, 6.45) is 8.46. The third-order valence-corrected chi connectivity index (χ3v) is 16.0. The van der Waals surface area contributed by atoms with E-state index in [1.165, 1.54) is 38.5 Å². The van der Waals surface area contributed by atoms with Crippen LogP contribution in [0.1, 0.15) is 93.9 Å². The van der Waals surface area contributed by atoms with E-state index in [4.69, 9.17) is 0 Å². The molecule has 0 amide bonds. The van der Waals surface area contributed by atoms with E-state index in [1.54, 1.807) is 30.9 Å². The maximum absolute atomic E-state index is 2.53. The van der Waals surface area contributed by atoms with Crippen LogP contribution in [0.5, 0.6) is 0 Å². The van der Waals surface area contributed by atoms with Crippen molar-refractivity contribution in [3.8, 4) is 0 Å². The fraction of sp³-hybridized carbons (Fsp3) is 0.818. The van der Waals surface area contributed by atoms with Crippen LogP contribution in [0.15, 0.2) is 20.6 Å². The number of unbranched alkanes of at least 4 members (excludes halogenated alkanes) is 3. The zero-order chi connectivity index (χ0) is 17.7. The Morgan fingerprint density at radius 3 is 1.35 bits per heavy atom. The van der Waals surface area contributed by atoms with E-state index >= 15 is 0 Å². The molecule has 1 aliphatic carbocycles. The minimum atomic E-state index is -2.00. The summed E-state index contributed by atoms with van der Waals surface area (Å²) in [4.78, 5) is 0. The van der Waals surface area contributed by atoms with Gasteiger partial charge in [0, 0.05) is 0 Å². The van der Waals surface area contributed by atoms with E-state index in [-0.39, 0.29) is 0 Å². The standard InChI is InChI=1S/C10H15.3C4H9.Ti/c1-7-6-10(4,5)9(3)8(7)2;3*1-3-4-2;/h1-5H3;3*1,3-4H2,2H3;. The van der Waals surface area contributed by atoms with Gasteiger partial charge in [-0.05, 0) is 0 Å². The number of hydrogen-bond donors (Lipinski definition) is 0. The quantitative estimate of drug-likeness (QED) is 0.345. The summed E-state index contributed by atoms with van der Waals surface area (Å²) >= 11 is -2.00. The van der Waals surface area contributed by atoms with E-state index < -0.39 is 16.6 Å². The number of allylic oxidation sites excluding steroid dienone is 4. The van der Waals surface area contributed by atoms with Crippen molar-refractivity contribution >= 4 is 0 Å². The van der Waals surface area contributed by atoms with Crippen molar-refractivity contribution in [2.24, 2.45) is 5.41 Å². The third kappa shape index (κ3) is 4.43. The minimum absolute atomic E-state index is 0.337. The van der Waals surface area contributed by atoms with Gasteiger partial charge in [0.1, 0.15) is 0 Å². The van der Waals surface area contributed by atoms with Gasteiger partial charge in [0.05, 0.1) is 0 Å². The molecule has 0 heterocycles. The first-order valence-corrected chi connectivity index (χ1v) is 14.3. The molecule has 0 atom stereocenters. The third-order valence-electron chi connectivity index (χ3n) is 6.62. The molecule has 23 heavy (non-hydrogen) atoms. The summed E-state index contributed by atoms with van der Waals surface area (Å²) in [7, 11) is 0. The van der Waals surface area contributed by atoms with Gasteiger partial charge in [0.25, 0.3) is 0 Å². The van der Waals surface area contributed by atoms with Crippen LogP contribution >= 0.6 is 0 Å². The molecule has 0 saturated heterocycles. The Morgan fingerprint density at radius 1 is 0.696 bits per heavy atom. The Kier molecular flexibility index (Phi) is 8.35. The van der Waals surface area contributed by atoms with E-state index in [1.807, 2.05) is 3.88 Å². The van der Waals surface area contributed by atoms with Crippen LogP contribution in [0.25, 0.3) is 0 Å². The van der Waals surface area contributed by atoms with Crippen LogP contribution in [0.3, 0.4) is 0 Å². The van der Waals surface area contributed by atoms with E-state index in [0.29, 0.717) is 5.41 Å². The Hall–Kier alpha value is 0.194. The molecule has 0 aromatic carbocycles. The normalized spacial score (nSPS) is 18.3. The van der Waals surface area contributed by atoms with Crippen LogP contribution in [0.4, 0.5) is 0 Å². The Labute approximate surface area is 150 Å². The summed E-state index contributed by atoms with van der Waals surface area (Å²) in [6.45, 7) is 19.4. The molecule has 1 rings (SSSR count). The van der Waals surface area contributed by atoms with Crippen LogP contribution in [0, 0.1) is 5.41 Å². The van der Waals surface area contributed by atoms with E-state index in [2.05, 4.69) is 55.4 Å². The molecule has 0 saturated carbocycles. The first-order chi connectivity index (χ1) is 10.8. The van der Waals surface area contributed by atoms with Crippen molar-refractivity contribution in [3.05, 3.63) is 20.6 Å². The predicted molar refractivity (Wildman–Crippen MR) is 104 cm³/mol. The SMILES string of the molecule is CCC[CH2][Ti]([CH2]CCC)([CH2]CCC)[C]1=C(C)C(C)=C(C)C1(C)C. The number of hydrogen-bond acceptors (Lipinski definition) is 0. The first-order valence-electron chi connectivity index (χ1n) is 10.2. The maximum atomic E-state index is 2.53. The molecule has 0 aliphatic heterocycles. The van der Waals surface area contributed by atoms with Crippen molar-refractivity contribution in [1.29, 1.82) is 0 Å². The van der Waals surface area contributed by atoms with Crippen LogP contribution in [-0.4, -0.2) is 0 Å². The van der Waals surface area contributed by atoms with E-state index in [9.17, 15) is 0 Å².